The van der Waals surface area contributed by atoms with Crippen LogP contribution < -0.4 is 11.1 Å². The van der Waals surface area contributed by atoms with Crippen molar-refractivity contribution in [1.29, 1.82) is 0 Å². The number of nitrogens with one attached hydrogen (secondary N) is 1. The lowest BCUT2D eigenvalue weighted by atomic mass is 10.1. The molecule has 1 unspecified atom stereocenters. The topological polar surface area (TPSA) is 38.0 Å². The van der Waals surface area contributed by atoms with Crippen LogP contribution in [0.25, 0.3) is 0 Å². The average molecular weight is 302 g/mol. The number of rotatable bonds is 5. The molecule has 1 aromatic carbocycles. The van der Waals surface area contributed by atoms with Gasteiger partial charge in [-0.1, -0.05) is 33.6 Å². The lowest BCUT2D eigenvalue weighted by Crippen LogP contribution is -2.29. The van der Waals surface area contributed by atoms with Gasteiger partial charge in [0.25, 0.3) is 0 Å². The van der Waals surface area contributed by atoms with E-state index in [9.17, 15) is 0 Å². The molecule has 4 heteroatoms. The minimum atomic E-state index is 0.0972. The predicted molar refractivity (Wildman–Crippen MR) is 72.4 cm³/mol. The lowest BCUT2D eigenvalue weighted by molar-refractivity contribution is 0.549. The Morgan fingerprint density at radius 2 is 2.31 bits per heavy atom. The van der Waals surface area contributed by atoms with Gasteiger partial charge in [0, 0.05) is 35.0 Å². The third kappa shape index (κ3) is 3.80. The maximum absolute atomic E-state index is 5.88. The second-order valence-electron chi connectivity index (χ2n) is 3.36. The minimum Gasteiger partial charge on any atom is -0.329 e. The molecule has 86 valence electrons. The predicted octanol–water partition coefficient (Wildman–Crippen LogP) is 2.72. The van der Waals surface area contributed by atoms with E-state index < -0.39 is 0 Å². The summed E-state index contributed by atoms with van der Waals surface area (Å²) < 4.78 is 0.962. The van der Waals surface area contributed by atoms with E-state index in [1.54, 1.807) is 0 Å². The zero-order chi connectivity index (χ0) is 12.0. The molecule has 0 saturated carbocycles. The molecule has 0 bridgehead atoms. The van der Waals surface area contributed by atoms with E-state index in [1.807, 2.05) is 18.2 Å². The molecule has 1 aromatic rings. The first kappa shape index (κ1) is 13.5. The van der Waals surface area contributed by atoms with Crippen molar-refractivity contribution >= 4 is 27.5 Å². The summed E-state index contributed by atoms with van der Waals surface area (Å²) in [6.45, 7) is 1.28. The van der Waals surface area contributed by atoms with Crippen LogP contribution in [-0.4, -0.2) is 13.1 Å². The van der Waals surface area contributed by atoms with Crippen LogP contribution in [0.2, 0.25) is 5.02 Å². The zero-order valence-corrected chi connectivity index (χ0v) is 11.2. The van der Waals surface area contributed by atoms with Gasteiger partial charge in [0.05, 0.1) is 0 Å². The first-order valence-electron chi connectivity index (χ1n) is 5.01. The fourth-order valence-electron chi connectivity index (χ4n) is 1.42. The van der Waals surface area contributed by atoms with Crippen molar-refractivity contribution in [1.82, 2.24) is 5.32 Å². The van der Waals surface area contributed by atoms with Crippen molar-refractivity contribution in [3.8, 4) is 12.3 Å². The van der Waals surface area contributed by atoms with Gasteiger partial charge in [0.1, 0.15) is 0 Å². The van der Waals surface area contributed by atoms with Crippen LogP contribution in [0.4, 0.5) is 0 Å². The average Bonchev–Trinajstić information content (AvgIpc) is 2.26. The van der Waals surface area contributed by atoms with Crippen LogP contribution in [-0.2, 0) is 0 Å². The molecule has 0 heterocycles. The minimum absolute atomic E-state index is 0.0972. The first-order chi connectivity index (χ1) is 7.69. The molecule has 2 nitrogen and oxygen atoms in total. The molecular formula is C12H14BrClN2. The molecule has 0 aliphatic carbocycles. The fourth-order valence-corrected chi connectivity index (χ4v) is 2.38. The number of benzene rings is 1. The summed E-state index contributed by atoms with van der Waals surface area (Å²) >= 11 is 9.36. The van der Waals surface area contributed by atoms with Crippen molar-refractivity contribution in [2.75, 3.05) is 13.1 Å². The highest BCUT2D eigenvalue weighted by atomic mass is 79.9. The Hall–Kier alpha value is -0.530. The van der Waals surface area contributed by atoms with Crippen molar-refractivity contribution < 1.29 is 0 Å². The Kier molecular flexibility index (Phi) is 5.86. The molecule has 0 radical (unpaired) electrons. The molecular weight excluding hydrogens is 288 g/mol. The molecule has 0 aromatic heterocycles. The Bertz CT molecular complexity index is 387. The van der Waals surface area contributed by atoms with Gasteiger partial charge in [-0.2, -0.15) is 0 Å². The van der Waals surface area contributed by atoms with Crippen LogP contribution >= 0.6 is 27.5 Å². The van der Waals surface area contributed by atoms with E-state index in [1.165, 1.54) is 0 Å². The number of terminal acetylenes is 1. The van der Waals surface area contributed by atoms with Crippen LogP contribution in [0, 0.1) is 12.3 Å². The van der Waals surface area contributed by atoms with Gasteiger partial charge in [0.15, 0.2) is 0 Å². The summed E-state index contributed by atoms with van der Waals surface area (Å²) in [5.74, 6) is 2.59. The standard InChI is InChI=1S/C12H14BrClN2/c1-2-3-6-16-12(8-15)10-5-4-9(14)7-11(10)13/h1,4-5,7,12,16H,3,6,8,15H2. The van der Waals surface area contributed by atoms with Crippen molar-refractivity contribution in [2.45, 2.75) is 12.5 Å². The summed E-state index contributed by atoms with van der Waals surface area (Å²) in [6, 6.07) is 5.78. The second-order valence-corrected chi connectivity index (χ2v) is 4.65. The molecule has 0 amide bonds. The van der Waals surface area contributed by atoms with Gasteiger partial charge in [-0.3, -0.25) is 0 Å². The van der Waals surface area contributed by atoms with Gasteiger partial charge in [-0.25, -0.2) is 0 Å². The monoisotopic (exact) mass is 300 g/mol. The fraction of sp³-hybridized carbons (Fsp3) is 0.333. The maximum atomic E-state index is 5.88. The van der Waals surface area contributed by atoms with Gasteiger partial charge in [-0.05, 0) is 17.7 Å². The van der Waals surface area contributed by atoms with Crippen LogP contribution in [0.15, 0.2) is 22.7 Å². The lowest BCUT2D eigenvalue weighted by Gasteiger charge is -2.18. The molecule has 1 atom stereocenters. The zero-order valence-electron chi connectivity index (χ0n) is 8.84. The van der Waals surface area contributed by atoms with E-state index in [-0.39, 0.29) is 6.04 Å². The Morgan fingerprint density at radius 1 is 1.56 bits per heavy atom. The molecule has 3 N–H and O–H groups in total. The molecule has 16 heavy (non-hydrogen) atoms. The smallest absolute Gasteiger partial charge is 0.0456 e. The normalized spacial score (nSPS) is 12.1. The van der Waals surface area contributed by atoms with Gasteiger partial charge < -0.3 is 11.1 Å². The van der Waals surface area contributed by atoms with E-state index in [4.69, 9.17) is 23.8 Å². The van der Waals surface area contributed by atoms with Crippen molar-refractivity contribution in [3.05, 3.63) is 33.3 Å². The highest BCUT2D eigenvalue weighted by molar-refractivity contribution is 9.10. The quantitative estimate of drug-likeness (QED) is 0.648. The highest BCUT2D eigenvalue weighted by Crippen LogP contribution is 2.26. The SMILES string of the molecule is C#CCCNC(CN)c1ccc(Cl)cc1Br. The maximum Gasteiger partial charge on any atom is 0.0456 e. The van der Waals surface area contributed by atoms with Crippen molar-refractivity contribution in [3.63, 3.8) is 0 Å². The molecule has 0 aliphatic heterocycles. The van der Waals surface area contributed by atoms with Crippen LogP contribution in [0.1, 0.15) is 18.0 Å². The summed E-state index contributed by atoms with van der Waals surface area (Å²) in [5, 5.41) is 4.01. The van der Waals surface area contributed by atoms with E-state index in [2.05, 4.69) is 27.2 Å². The van der Waals surface area contributed by atoms with E-state index >= 15 is 0 Å². The molecule has 0 fully saturated rings. The summed E-state index contributed by atoms with van der Waals surface area (Å²) in [4.78, 5) is 0. The third-order valence-electron chi connectivity index (χ3n) is 2.23. The highest BCUT2D eigenvalue weighted by Gasteiger charge is 2.11. The number of hydrogen-bond acceptors (Lipinski definition) is 2. The second kappa shape index (κ2) is 6.93. The van der Waals surface area contributed by atoms with Gasteiger partial charge in [0.2, 0.25) is 0 Å². The molecule has 1 rings (SSSR count). The molecule has 0 spiro atoms. The van der Waals surface area contributed by atoms with E-state index in [0.717, 1.165) is 16.6 Å². The number of nitrogens with two attached hydrogens (primary N) is 1. The summed E-state index contributed by atoms with van der Waals surface area (Å²) in [6.07, 6.45) is 5.89. The molecule has 0 aliphatic rings. The van der Waals surface area contributed by atoms with Crippen LogP contribution in [0.3, 0.4) is 0 Å². The van der Waals surface area contributed by atoms with E-state index in [0.29, 0.717) is 18.0 Å². The summed E-state index contributed by atoms with van der Waals surface area (Å²) in [5.41, 5.74) is 6.83. The Balaban J connectivity index is 2.75. The first-order valence-corrected chi connectivity index (χ1v) is 6.18. The summed E-state index contributed by atoms with van der Waals surface area (Å²) in [7, 11) is 0. The van der Waals surface area contributed by atoms with Crippen molar-refractivity contribution in [2.24, 2.45) is 5.73 Å². The number of hydrogen-bond donors (Lipinski definition) is 2. The molecule has 0 saturated heterocycles. The largest absolute Gasteiger partial charge is 0.329 e. The number of halogens is 2. The van der Waals surface area contributed by atoms with Gasteiger partial charge in [-0.15, -0.1) is 12.3 Å². The van der Waals surface area contributed by atoms with Gasteiger partial charge >= 0.3 is 0 Å². The van der Waals surface area contributed by atoms with Crippen LogP contribution in [0.5, 0.6) is 0 Å². The third-order valence-corrected chi connectivity index (χ3v) is 3.16. The Morgan fingerprint density at radius 3 is 2.88 bits per heavy atom. The Labute approximate surface area is 110 Å².